The number of aliphatic hydroxyl groups is 1. The summed E-state index contributed by atoms with van der Waals surface area (Å²) in [6.07, 6.45) is 11.7. The molecule has 0 fully saturated rings. The van der Waals surface area contributed by atoms with Gasteiger partial charge in [0.2, 0.25) is 0 Å². The van der Waals surface area contributed by atoms with Crippen molar-refractivity contribution < 1.29 is 107 Å². The lowest BCUT2D eigenvalue weighted by molar-refractivity contribution is -0.0471. The Morgan fingerprint density at radius 3 is 0.987 bits per heavy atom. The second-order valence-corrected chi connectivity index (χ2v) is 27.1. The zero-order valence-corrected chi connectivity index (χ0v) is 51.3. The van der Waals surface area contributed by atoms with E-state index in [1.807, 2.05) is 13.8 Å². The zero-order valence-electron chi connectivity index (χ0n) is 46.8. The molecule has 0 aliphatic carbocycles. The number of hydrogen-bond donors (Lipinski definition) is 6. The van der Waals surface area contributed by atoms with Crippen molar-refractivity contribution in [2.24, 2.45) is 16.2 Å². The Kier molecular flexibility index (Phi) is 40.8. The van der Waals surface area contributed by atoms with Gasteiger partial charge in [-0.1, -0.05) is 127 Å². The summed E-state index contributed by atoms with van der Waals surface area (Å²) in [5.74, 6) is 0. The second-order valence-electron chi connectivity index (χ2n) is 19.9. The fourth-order valence-electron chi connectivity index (χ4n) is 8.53. The largest absolute Gasteiger partial charge is 0.472 e. The first-order chi connectivity index (χ1) is 35.2. The van der Waals surface area contributed by atoms with E-state index in [9.17, 15) is 47.3 Å². The number of phosphoric acid groups is 5. The van der Waals surface area contributed by atoms with Crippen LogP contribution in [-0.2, 0) is 77.5 Å². The summed E-state index contributed by atoms with van der Waals surface area (Å²) < 4.78 is 131. The van der Waals surface area contributed by atoms with Crippen molar-refractivity contribution in [1.82, 2.24) is 0 Å². The monoisotopic (exact) mass is 1190 g/mol. The van der Waals surface area contributed by atoms with Gasteiger partial charge >= 0.3 is 39.1 Å². The lowest BCUT2D eigenvalue weighted by Crippen LogP contribution is -2.35. The molecule has 0 bridgehead atoms. The Morgan fingerprint density at radius 2 is 0.667 bits per heavy atom. The predicted molar refractivity (Wildman–Crippen MR) is 286 cm³/mol. The average Bonchev–Trinajstić information content (AvgIpc) is 3.32. The molecule has 0 aromatic carbocycles. The topological polar surface area (TPSA) is 317 Å². The molecular formula is C47H101O23P5. The van der Waals surface area contributed by atoms with E-state index < -0.39 is 89.8 Å². The molecule has 0 aromatic heterocycles. The van der Waals surface area contributed by atoms with Crippen LogP contribution in [0.15, 0.2) is 0 Å². The van der Waals surface area contributed by atoms with Crippen molar-refractivity contribution in [2.45, 2.75) is 203 Å². The van der Waals surface area contributed by atoms with Crippen LogP contribution in [-0.4, -0.2) is 128 Å². The Morgan fingerprint density at radius 1 is 0.360 bits per heavy atom. The molecule has 0 spiro atoms. The van der Waals surface area contributed by atoms with Gasteiger partial charge in [-0.3, -0.25) is 45.2 Å². The molecule has 28 heteroatoms. The van der Waals surface area contributed by atoms with Crippen LogP contribution in [0.2, 0.25) is 0 Å². The SMILES string of the molecule is CCCCOP(=O)(O)OCC(COCC(CCC)(CCC)CCC)OP(=O)(O)OCC(C)(COP(=O)(O)OCCCCCCO)COP(=O)(O)OC(COCC(CCC)(CCC)CCC)COP(=O)(O)OCCCC. The summed E-state index contributed by atoms with van der Waals surface area (Å²) in [6.45, 7) is 12.5. The van der Waals surface area contributed by atoms with E-state index in [0.717, 1.165) is 77.0 Å². The maximum atomic E-state index is 13.8. The van der Waals surface area contributed by atoms with Gasteiger partial charge in [-0.05, 0) is 75.0 Å². The van der Waals surface area contributed by atoms with Gasteiger partial charge in [0.25, 0.3) is 0 Å². The first-order valence-electron chi connectivity index (χ1n) is 27.2. The number of rotatable bonds is 54. The molecule has 0 saturated heterocycles. The highest BCUT2D eigenvalue weighted by Crippen LogP contribution is 2.52. The Hall–Kier alpha value is 0.430. The zero-order chi connectivity index (χ0) is 57.0. The van der Waals surface area contributed by atoms with Crippen molar-refractivity contribution in [3.05, 3.63) is 0 Å². The number of unbranched alkanes of at least 4 members (excludes halogenated alkanes) is 5. The number of phosphoric ester groups is 5. The van der Waals surface area contributed by atoms with Gasteiger partial charge < -0.3 is 39.0 Å². The summed E-state index contributed by atoms with van der Waals surface area (Å²) in [6, 6.07) is 0. The molecule has 0 saturated carbocycles. The van der Waals surface area contributed by atoms with Gasteiger partial charge in [0.1, 0.15) is 12.2 Å². The van der Waals surface area contributed by atoms with Gasteiger partial charge in [-0.2, -0.15) is 0 Å². The Balaban J connectivity index is 6.79. The van der Waals surface area contributed by atoms with Crippen LogP contribution in [0.5, 0.6) is 0 Å². The molecule has 0 radical (unpaired) electrons. The summed E-state index contributed by atoms with van der Waals surface area (Å²) in [5, 5.41) is 9.06. The van der Waals surface area contributed by atoms with E-state index in [4.69, 9.17) is 59.8 Å². The normalized spacial score (nSPS) is 18.3. The van der Waals surface area contributed by atoms with Crippen LogP contribution in [0.1, 0.15) is 191 Å². The predicted octanol–water partition coefficient (Wildman–Crippen LogP) is 12.4. The average molecular weight is 1190 g/mol. The molecule has 7 atom stereocenters. The van der Waals surface area contributed by atoms with Crippen LogP contribution < -0.4 is 0 Å². The summed E-state index contributed by atoms with van der Waals surface area (Å²) in [4.78, 5) is 53.7. The minimum atomic E-state index is -5.25. The fraction of sp³-hybridized carbons (Fsp3) is 1.00. The van der Waals surface area contributed by atoms with Crippen molar-refractivity contribution >= 4 is 39.1 Å². The quantitative estimate of drug-likeness (QED) is 0.0243. The Labute approximate surface area is 449 Å². The third-order valence-electron chi connectivity index (χ3n) is 12.1. The smallest absolute Gasteiger partial charge is 0.396 e. The van der Waals surface area contributed by atoms with Crippen molar-refractivity contribution in [1.29, 1.82) is 0 Å². The highest BCUT2D eigenvalue weighted by atomic mass is 31.2. The molecule has 7 unspecified atom stereocenters. The molecule has 0 aliphatic heterocycles. The molecule has 75 heavy (non-hydrogen) atoms. The third-order valence-corrected chi connectivity index (χ3v) is 17.0. The summed E-state index contributed by atoms with van der Waals surface area (Å²) in [5.41, 5.74) is -2.28. The van der Waals surface area contributed by atoms with Crippen LogP contribution in [0.25, 0.3) is 0 Å². The molecular weight excluding hydrogens is 1090 g/mol. The van der Waals surface area contributed by atoms with Crippen molar-refractivity contribution in [3.63, 3.8) is 0 Å². The number of aliphatic hydroxyl groups excluding tert-OH is 1. The minimum Gasteiger partial charge on any atom is -0.396 e. The lowest BCUT2D eigenvalue weighted by atomic mass is 9.76. The van der Waals surface area contributed by atoms with E-state index in [0.29, 0.717) is 51.4 Å². The summed E-state index contributed by atoms with van der Waals surface area (Å²) in [7, 11) is -24.7. The van der Waals surface area contributed by atoms with Crippen LogP contribution in [0.4, 0.5) is 0 Å². The molecule has 0 aliphatic rings. The van der Waals surface area contributed by atoms with Crippen molar-refractivity contribution in [3.8, 4) is 0 Å². The second kappa shape index (κ2) is 40.6. The molecule has 0 heterocycles. The van der Waals surface area contributed by atoms with Gasteiger partial charge in [0, 0.05) is 12.0 Å². The van der Waals surface area contributed by atoms with Crippen LogP contribution >= 0.6 is 39.1 Å². The highest BCUT2D eigenvalue weighted by Gasteiger charge is 2.40. The third kappa shape index (κ3) is 37.2. The minimum absolute atomic E-state index is 0.0135. The molecule has 452 valence electrons. The Bertz CT molecular complexity index is 1570. The maximum absolute atomic E-state index is 13.8. The van der Waals surface area contributed by atoms with Crippen molar-refractivity contribution in [2.75, 3.05) is 85.9 Å². The number of hydrogen-bond acceptors (Lipinski definition) is 18. The maximum Gasteiger partial charge on any atom is 0.472 e. The van der Waals surface area contributed by atoms with Crippen LogP contribution in [0, 0.1) is 16.2 Å². The van der Waals surface area contributed by atoms with Gasteiger partial charge in [0.15, 0.2) is 0 Å². The molecule has 6 N–H and O–H groups in total. The number of ether oxygens (including phenoxy) is 2. The molecule has 23 nitrogen and oxygen atoms in total. The fourth-order valence-corrected chi connectivity index (χ4v) is 13.1. The van der Waals surface area contributed by atoms with E-state index in [1.54, 1.807) is 0 Å². The van der Waals surface area contributed by atoms with E-state index >= 15 is 0 Å². The molecule has 0 aromatic rings. The highest BCUT2D eigenvalue weighted by molar-refractivity contribution is 7.48. The molecule has 0 rings (SSSR count). The standard InChI is InChI=1S/C47H101O23P5/c1-10-18-31-61-71(49,50)64-36-43(34-59-41-46(24-12-3,25-13-4)26-14-5)69-74(55,56)67-39-45(9,38-66-73(53,54)63-33-23-21-20-22-30-48)40-68-75(57,58)70-44(37-65-72(51,52)62-32-19-11-2)35-60-42-47(27-15-6,28-16-7)29-17-8/h43-44,48H,10-42H2,1-9H3,(H,49,50)(H,51,52)(H,53,54)(H,55,56)(H,57,58). The summed E-state index contributed by atoms with van der Waals surface area (Å²) >= 11 is 0. The van der Waals surface area contributed by atoms with Gasteiger partial charge in [-0.25, -0.2) is 22.8 Å². The molecule has 0 amide bonds. The van der Waals surface area contributed by atoms with Crippen LogP contribution in [0.3, 0.4) is 0 Å². The first kappa shape index (κ1) is 75.4. The van der Waals surface area contributed by atoms with E-state index in [1.165, 1.54) is 6.92 Å². The first-order valence-corrected chi connectivity index (χ1v) is 34.6. The van der Waals surface area contributed by atoms with E-state index in [-0.39, 0.29) is 63.7 Å². The lowest BCUT2D eigenvalue weighted by Gasteiger charge is -2.34. The van der Waals surface area contributed by atoms with Gasteiger partial charge in [0.05, 0.1) is 79.3 Å². The van der Waals surface area contributed by atoms with E-state index in [2.05, 4.69) is 41.5 Å². The van der Waals surface area contributed by atoms with Gasteiger partial charge in [-0.15, -0.1) is 0 Å².